The SMILES string of the molecule is COc1cc(CN(CC2CCCC2)[C@@H](CC(=O)O)c2ccc(Cl)c(F)c2)ccc1OCCN1C(=O)CCC1=O. The van der Waals surface area contributed by atoms with Crippen LogP contribution >= 0.6 is 11.6 Å². The van der Waals surface area contributed by atoms with Crippen molar-refractivity contribution >= 4 is 29.4 Å². The molecule has 10 heteroatoms. The van der Waals surface area contributed by atoms with Crippen LogP contribution in [0.1, 0.15) is 62.1 Å². The van der Waals surface area contributed by atoms with E-state index in [0.29, 0.717) is 36.1 Å². The number of methoxy groups -OCH3 is 1. The van der Waals surface area contributed by atoms with E-state index in [1.54, 1.807) is 12.1 Å². The van der Waals surface area contributed by atoms with E-state index in [2.05, 4.69) is 4.90 Å². The van der Waals surface area contributed by atoms with Gasteiger partial charge in [-0.25, -0.2) is 4.39 Å². The first kappa shape index (κ1) is 28.8. The van der Waals surface area contributed by atoms with Crippen LogP contribution in [-0.2, 0) is 20.9 Å². The predicted molar refractivity (Wildman–Crippen MR) is 143 cm³/mol. The minimum absolute atomic E-state index is 0.00560. The van der Waals surface area contributed by atoms with Gasteiger partial charge in [-0.05, 0) is 54.2 Å². The van der Waals surface area contributed by atoms with Crippen molar-refractivity contribution in [3.8, 4) is 11.5 Å². The monoisotopic (exact) mass is 560 g/mol. The molecule has 1 aliphatic carbocycles. The van der Waals surface area contributed by atoms with Crippen LogP contribution in [0, 0.1) is 11.7 Å². The summed E-state index contributed by atoms with van der Waals surface area (Å²) < 4.78 is 25.8. The summed E-state index contributed by atoms with van der Waals surface area (Å²) in [6, 6.07) is 9.41. The molecule has 1 saturated heterocycles. The van der Waals surface area contributed by atoms with E-state index in [9.17, 15) is 23.9 Å². The van der Waals surface area contributed by atoms with Crippen LogP contribution in [0.4, 0.5) is 4.39 Å². The highest BCUT2D eigenvalue weighted by Crippen LogP contribution is 2.35. The second-order valence-corrected chi connectivity index (χ2v) is 10.5. The number of likely N-dealkylation sites (tertiary alicyclic amines) is 1. The number of carbonyl (C=O) groups is 3. The summed E-state index contributed by atoms with van der Waals surface area (Å²) in [6.45, 7) is 1.42. The van der Waals surface area contributed by atoms with Gasteiger partial charge in [-0.3, -0.25) is 24.2 Å². The Kier molecular flexibility index (Phi) is 9.80. The molecule has 1 N–H and O–H groups in total. The topological polar surface area (TPSA) is 96.4 Å². The number of nitrogens with zero attached hydrogens (tertiary/aromatic N) is 2. The molecule has 2 aromatic carbocycles. The van der Waals surface area contributed by atoms with E-state index in [0.717, 1.165) is 31.2 Å². The minimum Gasteiger partial charge on any atom is -0.493 e. The number of benzene rings is 2. The van der Waals surface area contributed by atoms with Gasteiger partial charge in [-0.15, -0.1) is 0 Å². The number of carboxylic acid groups (broad SMARTS) is 1. The fourth-order valence-corrected chi connectivity index (χ4v) is 5.57. The van der Waals surface area contributed by atoms with Gasteiger partial charge in [0.1, 0.15) is 12.4 Å². The number of imide groups is 1. The number of halogens is 2. The Morgan fingerprint density at radius 3 is 2.49 bits per heavy atom. The van der Waals surface area contributed by atoms with Gasteiger partial charge in [0.05, 0.1) is 25.1 Å². The van der Waals surface area contributed by atoms with Crippen molar-refractivity contribution in [1.82, 2.24) is 9.80 Å². The molecule has 1 heterocycles. The highest BCUT2D eigenvalue weighted by molar-refractivity contribution is 6.30. The summed E-state index contributed by atoms with van der Waals surface area (Å²) in [7, 11) is 1.53. The standard InChI is InChI=1S/C29H34ClFN2O6/c1-38-26-14-20(6-9-25(26)39-13-12-33-27(34)10-11-28(33)35)18-32(17-19-4-2-3-5-19)24(16-29(36)37)21-7-8-22(30)23(31)15-21/h6-9,14-15,19,24H,2-5,10-13,16-18H2,1H3,(H,36,37)/t24-/m0/s1. The average molecular weight is 561 g/mol. The number of ether oxygens (including phenoxy) is 2. The zero-order chi connectivity index (χ0) is 27.9. The van der Waals surface area contributed by atoms with Crippen LogP contribution in [0.2, 0.25) is 5.02 Å². The lowest BCUT2D eigenvalue weighted by Gasteiger charge is -2.33. The fourth-order valence-electron chi connectivity index (χ4n) is 5.45. The van der Waals surface area contributed by atoms with Gasteiger partial charge in [0.15, 0.2) is 11.5 Å². The Hall–Kier alpha value is -3.17. The third-order valence-electron chi connectivity index (χ3n) is 7.45. The number of amides is 2. The largest absolute Gasteiger partial charge is 0.493 e. The number of carbonyl (C=O) groups excluding carboxylic acids is 2. The molecule has 1 atom stereocenters. The third kappa shape index (κ3) is 7.48. The summed E-state index contributed by atoms with van der Waals surface area (Å²) in [5, 5.41) is 9.72. The summed E-state index contributed by atoms with van der Waals surface area (Å²) in [5.74, 6) is -0.535. The van der Waals surface area contributed by atoms with Crippen molar-refractivity contribution in [2.24, 2.45) is 5.92 Å². The molecule has 8 nitrogen and oxygen atoms in total. The first-order valence-corrected chi connectivity index (χ1v) is 13.7. The van der Waals surface area contributed by atoms with Crippen LogP contribution < -0.4 is 9.47 Å². The lowest BCUT2D eigenvalue weighted by Crippen LogP contribution is -2.34. The van der Waals surface area contributed by atoms with Crippen LogP contribution in [0.3, 0.4) is 0 Å². The van der Waals surface area contributed by atoms with E-state index >= 15 is 0 Å². The van der Waals surface area contributed by atoms with Crippen molar-refractivity contribution in [2.45, 2.75) is 57.5 Å². The van der Waals surface area contributed by atoms with Gasteiger partial charge in [0.2, 0.25) is 11.8 Å². The highest BCUT2D eigenvalue weighted by Gasteiger charge is 2.29. The van der Waals surface area contributed by atoms with Gasteiger partial charge < -0.3 is 14.6 Å². The number of hydrogen-bond donors (Lipinski definition) is 1. The molecule has 0 aromatic heterocycles. The van der Waals surface area contributed by atoms with E-state index in [4.69, 9.17) is 21.1 Å². The summed E-state index contributed by atoms with van der Waals surface area (Å²) in [4.78, 5) is 38.9. The Bertz CT molecular complexity index is 1190. The molecule has 0 radical (unpaired) electrons. The normalized spacial score (nSPS) is 16.8. The molecule has 0 spiro atoms. The van der Waals surface area contributed by atoms with Crippen molar-refractivity contribution in [1.29, 1.82) is 0 Å². The zero-order valence-corrected chi connectivity index (χ0v) is 22.8. The second-order valence-electron chi connectivity index (χ2n) is 10.1. The first-order chi connectivity index (χ1) is 18.7. The zero-order valence-electron chi connectivity index (χ0n) is 22.0. The molecule has 2 aromatic rings. The van der Waals surface area contributed by atoms with E-state index in [1.807, 2.05) is 12.1 Å². The molecule has 2 amide bonds. The lowest BCUT2D eigenvalue weighted by molar-refractivity contribution is -0.140. The molecule has 4 rings (SSSR count). The van der Waals surface area contributed by atoms with Gasteiger partial charge in [0, 0.05) is 32.0 Å². The summed E-state index contributed by atoms with van der Waals surface area (Å²) in [5.41, 5.74) is 1.45. The Labute approximate surface area is 232 Å². The summed E-state index contributed by atoms with van der Waals surface area (Å²) in [6.07, 6.45) is 4.73. The maximum Gasteiger partial charge on any atom is 0.305 e. The Morgan fingerprint density at radius 2 is 1.85 bits per heavy atom. The van der Waals surface area contributed by atoms with Crippen LogP contribution in [0.15, 0.2) is 36.4 Å². The number of rotatable bonds is 13. The molecular formula is C29H34ClFN2O6. The maximum atomic E-state index is 14.4. The molecule has 210 valence electrons. The van der Waals surface area contributed by atoms with Crippen molar-refractivity contribution < 1.29 is 33.4 Å². The van der Waals surface area contributed by atoms with Gasteiger partial charge in [-0.1, -0.05) is 36.6 Å². The van der Waals surface area contributed by atoms with E-state index in [1.165, 1.54) is 24.1 Å². The molecule has 0 unspecified atom stereocenters. The van der Waals surface area contributed by atoms with Crippen molar-refractivity contribution in [3.63, 3.8) is 0 Å². The number of carboxylic acids is 1. The molecule has 0 bridgehead atoms. The fraction of sp³-hybridized carbons (Fsp3) is 0.483. The average Bonchev–Trinajstić information content (AvgIpc) is 3.54. The number of aliphatic carboxylic acids is 1. The van der Waals surface area contributed by atoms with E-state index < -0.39 is 17.8 Å². The molecule has 2 fully saturated rings. The first-order valence-electron chi connectivity index (χ1n) is 13.3. The van der Waals surface area contributed by atoms with Crippen molar-refractivity contribution in [2.75, 3.05) is 26.8 Å². The van der Waals surface area contributed by atoms with Crippen LogP contribution in [0.25, 0.3) is 0 Å². The van der Waals surface area contributed by atoms with Crippen LogP contribution in [0.5, 0.6) is 11.5 Å². The Balaban J connectivity index is 1.53. The van der Waals surface area contributed by atoms with Gasteiger partial charge in [-0.2, -0.15) is 0 Å². The third-order valence-corrected chi connectivity index (χ3v) is 7.75. The van der Waals surface area contributed by atoms with Crippen LogP contribution in [-0.4, -0.2) is 59.5 Å². The minimum atomic E-state index is -0.969. The Morgan fingerprint density at radius 1 is 1.13 bits per heavy atom. The molecule has 2 aliphatic rings. The second kappa shape index (κ2) is 13.3. The maximum absolute atomic E-state index is 14.4. The molecule has 39 heavy (non-hydrogen) atoms. The molecular weight excluding hydrogens is 527 g/mol. The van der Waals surface area contributed by atoms with Gasteiger partial charge >= 0.3 is 5.97 Å². The van der Waals surface area contributed by atoms with Crippen molar-refractivity contribution in [3.05, 3.63) is 58.4 Å². The van der Waals surface area contributed by atoms with E-state index in [-0.39, 0.29) is 49.3 Å². The highest BCUT2D eigenvalue weighted by atomic mass is 35.5. The predicted octanol–water partition coefficient (Wildman–Crippen LogP) is 5.22. The lowest BCUT2D eigenvalue weighted by atomic mass is 9.98. The quantitative estimate of drug-likeness (QED) is 0.335. The molecule has 1 saturated carbocycles. The van der Waals surface area contributed by atoms with Gasteiger partial charge in [0.25, 0.3) is 0 Å². The summed E-state index contributed by atoms with van der Waals surface area (Å²) >= 11 is 5.91. The smallest absolute Gasteiger partial charge is 0.305 e. The molecule has 1 aliphatic heterocycles. The number of hydrogen-bond acceptors (Lipinski definition) is 6.